The van der Waals surface area contributed by atoms with Gasteiger partial charge in [-0.05, 0) is 12.8 Å². The minimum Gasteiger partial charge on any atom is -0.369 e. The average molecular weight is 300 g/mol. The van der Waals surface area contributed by atoms with E-state index in [1.54, 1.807) is 0 Å². The van der Waals surface area contributed by atoms with Gasteiger partial charge in [0.05, 0.1) is 6.54 Å². The molecule has 0 aromatic carbocycles. The Kier molecular flexibility index (Phi) is 4.58. The van der Waals surface area contributed by atoms with E-state index < -0.39 is 0 Å². The topological polar surface area (TPSA) is 95.0 Å². The molecule has 1 aromatic heterocycles. The van der Waals surface area contributed by atoms with Crippen LogP contribution in [0.25, 0.3) is 0 Å². The number of aromatic nitrogens is 1. The van der Waals surface area contributed by atoms with Crippen molar-refractivity contribution in [3.05, 3.63) is 10.0 Å². The predicted octanol–water partition coefficient (Wildman–Crippen LogP) is 1.03. The number of nitrogens with two attached hydrogens (primary N) is 1. The van der Waals surface area contributed by atoms with Crippen LogP contribution in [-0.2, 0) is 4.79 Å². The number of rotatable bonds is 4. The van der Waals surface area contributed by atoms with Crippen LogP contribution in [0, 0.1) is 11.3 Å². The van der Waals surface area contributed by atoms with Crippen LogP contribution in [0.5, 0.6) is 0 Å². The van der Waals surface area contributed by atoms with E-state index in [0.29, 0.717) is 16.6 Å². The first-order chi connectivity index (χ1) is 9.08. The number of hydrogen-bond donors (Lipinski definition) is 2. The Balaban J connectivity index is 1.85. The van der Waals surface area contributed by atoms with E-state index in [0.717, 1.165) is 25.9 Å². The zero-order valence-corrected chi connectivity index (χ0v) is 11.8. The van der Waals surface area contributed by atoms with E-state index in [-0.39, 0.29) is 17.1 Å². The van der Waals surface area contributed by atoms with Crippen molar-refractivity contribution in [2.45, 2.75) is 18.9 Å². The number of thiazole rings is 1. The normalized spacial score (nSPS) is 17.1. The van der Waals surface area contributed by atoms with Crippen LogP contribution in [-0.4, -0.2) is 41.5 Å². The largest absolute Gasteiger partial charge is 0.369 e. The number of hydrogen-bond acceptors (Lipinski definition) is 6. The number of likely N-dealkylation sites (tertiary alicyclic amines) is 1. The summed E-state index contributed by atoms with van der Waals surface area (Å²) in [5.41, 5.74) is 5.17. The third kappa shape index (κ3) is 3.80. The quantitative estimate of drug-likeness (QED) is 0.866. The van der Waals surface area contributed by atoms with Gasteiger partial charge in [-0.3, -0.25) is 9.69 Å². The van der Waals surface area contributed by atoms with Gasteiger partial charge in [0.15, 0.2) is 10.3 Å². The summed E-state index contributed by atoms with van der Waals surface area (Å²) in [6, 6.07) is 2.30. The van der Waals surface area contributed by atoms with Crippen LogP contribution in [0.1, 0.15) is 17.7 Å². The van der Waals surface area contributed by atoms with E-state index in [9.17, 15) is 4.79 Å². The van der Waals surface area contributed by atoms with Gasteiger partial charge in [0, 0.05) is 19.1 Å². The van der Waals surface area contributed by atoms with E-state index in [1.807, 2.05) is 11.0 Å². The second-order valence-electron chi connectivity index (χ2n) is 4.41. The molecule has 102 valence electrons. The molecule has 6 nitrogen and oxygen atoms in total. The molecule has 0 bridgehead atoms. The van der Waals surface area contributed by atoms with Crippen LogP contribution in [0.3, 0.4) is 0 Å². The van der Waals surface area contributed by atoms with Gasteiger partial charge >= 0.3 is 0 Å². The monoisotopic (exact) mass is 299 g/mol. The predicted molar refractivity (Wildman–Crippen MR) is 74.1 cm³/mol. The lowest BCUT2D eigenvalue weighted by atomic mass is 10.1. The van der Waals surface area contributed by atoms with Gasteiger partial charge in [-0.1, -0.05) is 22.9 Å². The second-order valence-corrected chi connectivity index (χ2v) is 5.77. The number of primary amides is 1. The summed E-state index contributed by atoms with van der Waals surface area (Å²) in [7, 11) is 0. The van der Waals surface area contributed by atoms with Crippen molar-refractivity contribution in [1.29, 1.82) is 5.26 Å². The molecule has 1 fully saturated rings. The highest BCUT2D eigenvalue weighted by Crippen LogP contribution is 2.27. The first-order valence-electron chi connectivity index (χ1n) is 5.92. The Morgan fingerprint density at radius 3 is 2.84 bits per heavy atom. The van der Waals surface area contributed by atoms with Gasteiger partial charge < -0.3 is 11.1 Å². The first-order valence-corrected chi connectivity index (χ1v) is 7.11. The summed E-state index contributed by atoms with van der Waals surface area (Å²) in [5, 5.41) is 13.0. The maximum Gasteiger partial charge on any atom is 0.231 e. The number of nitriles is 1. The highest BCUT2D eigenvalue weighted by Gasteiger charge is 2.21. The molecular weight excluding hydrogens is 286 g/mol. The summed E-state index contributed by atoms with van der Waals surface area (Å²) < 4.78 is 0. The highest BCUT2D eigenvalue weighted by molar-refractivity contribution is 7.16. The van der Waals surface area contributed by atoms with Crippen molar-refractivity contribution in [2.24, 2.45) is 5.73 Å². The van der Waals surface area contributed by atoms with Gasteiger partial charge in [-0.15, -0.1) is 0 Å². The molecule has 0 spiro atoms. The Morgan fingerprint density at radius 1 is 1.63 bits per heavy atom. The maximum atomic E-state index is 10.8. The fourth-order valence-corrected chi connectivity index (χ4v) is 3.09. The van der Waals surface area contributed by atoms with Crippen molar-refractivity contribution in [3.8, 4) is 6.07 Å². The van der Waals surface area contributed by atoms with E-state index in [4.69, 9.17) is 22.6 Å². The lowest BCUT2D eigenvalue weighted by Crippen LogP contribution is -2.42. The standard InChI is InChI=1S/C11H14ClN5OS/c12-10-8(5-13)19-11(16-10)15-7-1-3-17(4-2-7)6-9(14)18/h7H,1-4,6H2,(H2,14,18)(H,15,16). The SMILES string of the molecule is N#Cc1sc(NC2CCN(CC(N)=O)CC2)nc1Cl. The smallest absolute Gasteiger partial charge is 0.231 e. The number of halogens is 1. The molecule has 0 aliphatic carbocycles. The third-order valence-electron chi connectivity index (χ3n) is 2.98. The summed E-state index contributed by atoms with van der Waals surface area (Å²) >= 11 is 7.08. The van der Waals surface area contributed by atoms with Crippen molar-refractivity contribution in [1.82, 2.24) is 9.88 Å². The van der Waals surface area contributed by atoms with E-state index >= 15 is 0 Å². The number of carbonyl (C=O) groups is 1. The van der Waals surface area contributed by atoms with Gasteiger partial charge in [0.2, 0.25) is 5.91 Å². The molecule has 19 heavy (non-hydrogen) atoms. The molecule has 1 amide bonds. The maximum absolute atomic E-state index is 10.8. The zero-order valence-electron chi connectivity index (χ0n) is 10.2. The Hall–Kier alpha value is -1.36. The summed E-state index contributed by atoms with van der Waals surface area (Å²) in [5.74, 6) is -0.295. The lowest BCUT2D eigenvalue weighted by molar-refractivity contribution is -0.119. The molecule has 0 atom stereocenters. The molecule has 1 aromatic rings. The number of nitrogens with zero attached hydrogens (tertiary/aromatic N) is 3. The molecule has 1 aliphatic rings. The number of anilines is 1. The Morgan fingerprint density at radius 2 is 2.32 bits per heavy atom. The van der Waals surface area contributed by atoms with Gasteiger partial charge in [0.1, 0.15) is 10.9 Å². The molecule has 3 N–H and O–H groups in total. The molecule has 8 heteroatoms. The number of nitrogens with one attached hydrogen (secondary N) is 1. The summed E-state index contributed by atoms with van der Waals surface area (Å²) in [4.78, 5) is 17.4. The van der Waals surface area contributed by atoms with Crippen LogP contribution >= 0.6 is 22.9 Å². The minimum atomic E-state index is -0.295. The van der Waals surface area contributed by atoms with Crippen molar-refractivity contribution in [2.75, 3.05) is 25.0 Å². The molecule has 2 rings (SSSR count). The molecule has 1 saturated heterocycles. The molecule has 0 saturated carbocycles. The molecule has 1 aliphatic heterocycles. The zero-order chi connectivity index (χ0) is 13.8. The second kappa shape index (κ2) is 6.19. The summed E-state index contributed by atoms with van der Waals surface area (Å²) in [6.45, 7) is 1.96. The molecular formula is C11H14ClN5OS. The molecule has 2 heterocycles. The van der Waals surface area contributed by atoms with Crippen LogP contribution in [0.4, 0.5) is 5.13 Å². The van der Waals surface area contributed by atoms with Crippen molar-refractivity contribution >= 4 is 34.0 Å². The van der Waals surface area contributed by atoms with Crippen molar-refractivity contribution in [3.63, 3.8) is 0 Å². The lowest BCUT2D eigenvalue weighted by Gasteiger charge is -2.31. The minimum absolute atomic E-state index is 0.251. The van der Waals surface area contributed by atoms with Gasteiger partial charge in [-0.2, -0.15) is 5.26 Å². The van der Waals surface area contributed by atoms with Crippen LogP contribution in [0.2, 0.25) is 5.15 Å². The number of carbonyl (C=O) groups excluding carboxylic acids is 1. The number of piperidine rings is 1. The van der Waals surface area contributed by atoms with E-state index in [2.05, 4.69) is 10.3 Å². The Labute approximate surface area is 120 Å². The molecule has 0 radical (unpaired) electrons. The average Bonchev–Trinajstić information content (AvgIpc) is 2.71. The fourth-order valence-electron chi connectivity index (χ4n) is 2.06. The van der Waals surface area contributed by atoms with Crippen LogP contribution in [0.15, 0.2) is 0 Å². The highest BCUT2D eigenvalue weighted by atomic mass is 35.5. The Bertz CT molecular complexity index is 504. The van der Waals surface area contributed by atoms with E-state index in [1.165, 1.54) is 11.3 Å². The van der Waals surface area contributed by atoms with Crippen LogP contribution < -0.4 is 11.1 Å². The summed E-state index contributed by atoms with van der Waals surface area (Å²) in [6.07, 6.45) is 1.82. The van der Waals surface area contributed by atoms with Gasteiger partial charge in [-0.25, -0.2) is 4.98 Å². The third-order valence-corrected chi connectivity index (χ3v) is 4.26. The first kappa shape index (κ1) is 14.1. The van der Waals surface area contributed by atoms with Gasteiger partial charge in [0.25, 0.3) is 0 Å². The number of amides is 1. The fraction of sp³-hybridized carbons (Fsp3) is 0.545. The van der Waals surface area contributed by atoms with Crippen molar-refractivity contribution < 1.29 is 4.79 Å². The molecule has 0 unspecified atom stereocenters.